The Hall–Kier alpha value is -1.28. The molecule has 20 heavy (non-hydrogen) atoms. The molecule has 1 aromatic carbocycles. The number of halogens is 4. The summed E-state index contributed by atoms with van der Waals surface area (Å²) in [6.07, 6.45) is 0. The van der Waals surface area contributed by atoms with E-state index in [1.54, 1.807) is 0 Å². The number of nitrogens with two attached hydrogens (primary N) is 1. The molecule has 0 fully saturated rings. The normalized spacial score (nSPS) is 11.2. The molecule has 0 aliphatic heterocycles. The second-order valence-electron chi connectivity index (χ2n) is 3.62. The van der Waals surface area contributed by atoms with E-state index in [4.69, 9.17) is 22.1 Å². The third kappa shape index (κ3) is 5.01. The van der Waals surface area contributed by atoms with Gasteiger partial charge in [-0.3, -0.25) is 4.79 Å². The van der Waals surface area contributed by atoms with E-state index in [0.717, 1.165) is 0 Å². The number of alkyl halides is 3. The van der Waals surface area contributed by atoms with Gasteiger partial charge in [0.15, 0.2) is 0 Å². The summed E-state index contributed by atoms with van der Waals surface area (Å²) in [6, 6.07) is 2.68. The van der Waals surface area contributed by atoms with Crippen molar-refractivity contribution in [3.63, 3.8) is 0 Å². The largest absolute Gasteiger partial charge is 0.496 e. The van der Waals surface area contributed by atoms with Crippen LogP contribution in [0, 0.1) is 0 Å². The van der Waals surface area contributed by atoms with Gasteiger partial charge in [-0.05, 0) is 17.8 Å². The van der Waals surface area contributed by atoms with Crippen LogP contribution in [0.2, 0.25) is 5.02 Å². The lowest BCUT2D eigenvalue weighted by molar-refractivity contribution is -0.0327. The van der Waals surface area contributed by atoms with Crippen molar-refractivity contribution in [3.05, 3.63) is 22.7 Å². The number of nitrogens with one attached hydrogen (secondary N) is 1. The van der Waals surface area contributed by atoms with Gasteiger partial charge in [0.25, 0.3) is 5.91 Å². The molecule has 9 heteroatoms. The monoisotopic (exact) mass is 328 g/mol. The molecule has 0 heterocycles. The summed E-state index contributed by atoms with van der Waals surface area (Å²) in [7, 11) is 1.35. The molecule has 1 aromatic rings. The summed E-state index contributed by atoms with van der Waals surface area (Å²) in [5, 5.41) is 2.52. The molecule has 0 aliphatic rings. The minimum atomic E-state index is -4.31. The molecule has 0 spiro atoms. The number of amides is 1. The first-order valence-electron chi connectivity index (χ1n) is 5.36. The second kappa shape index (κ2) is 6.94. The van der Waals surface area contributed by atoms with Crippen LogP contribution in [-0.2, 0) is 0 Å². The molecule has 0 saturated heterocycles. The van der Waals surface area contributed by atoms with Crippen molar-refractivity contribution in [2.45, 2.75) is 5.51 Å². The SMILES string of the molecule is COc1cc(N)c(Cl)cc1C(=O)NCCSC(F)(F)F. The standard InChI is InChI=1S/C11H12ClF3N2O2S/c1-19-9-5-8(16)7(12)4-6(9)10(18)17-2-3-20-11(13,14)15/h4-5H,2-3,16H2,1H3,(H,17,18). The number of hydrogen-bond donors (Lipinski definition) is 2. The van der Waals surface area contributed by atoms with Crippen LogP contribution in [0.3, 0.4) is 0 Å². The Bertz CT molecular complexity index is 497. The van der Waals surface area contributed by atoms with E-state index in [9.17, 15) is 18.0 Å². The third-order valence-corrected chi connectivity index (χ3v) is 3.28. The predicted octanol–water partition coefficient (Wildman–Crippen LogP) is 2.91. The van der Waals surface area contributed by atoms with E-state index in [-0.39, 0.29) is 46.1 Å². The molecule has 0 radical (unpaired) electrons. The van der Waals surface area contributed by atoms with Gasteiger partial charge in [-0.1, -0.05) is 11.6 Å². The molecule has 3 N–H and O–H groups in total. The highest BCUT2D eigenvalue weighted by atomic mass is 35.5. The van der Waals surface area contributed by atoms with Crippen molar-refractivity contribution in [3.8, 4) is 5.75 Å². The zero-order valence-electron chi connectivity index (χ0n) is 10.4. The number of methoxy groups -OCH3 is 1. The van der Waals surface area contributed by atoms with Crippen LogP contribution in [0.1, 0.15) is 10.4 Å². The Kier molecular flexibility index (Phi) is 5.82. The molecule has 0 unspecified atom stereocenters. The van der Waals surface area contributed by atoms with Crippen LogP contribution < -0.4 is 15.8 Å². The summed E-state index contributed by atoms with van der Waals surface area (Å²) >= 11 is 5.59. The van der Waals surface area contributed by atoms with E-state index in [0.29, 0.717) is 0 Å². The van der Waals surface area contributed by atoms with Crippen LogP contribution in [0.4, 0.5) is 18.9 Å². The average Bonchev–Trinajstić information content (AvgIpc) is 2.36. The first-order valence-corrected chi connectivity index (χ1v) is 6.73. The van der Waals surface area contributed by atoms with Gasteiger partial charge < -0.3 is 15.8 Å². The van der Waals surface area contributed by atoms with Crippen molar-refractivity contribution < 1.29 is 22.7 Å². The fourth-order valence-corrected chi connectivity index (χ4v) is 1.94. The van der Waals surface area contributed by atoms with Gasteiger partial charge >= 0.3 is 5.51 Å². The molecule has 4 nitrogen and oxygen atoms in total. The van der Waals surface area contributed by atoms with Crippen molar-refractivity contribution in [1.29, 1.82) is 0 Å². The number of nitrogen functional groups attached to an aromatic ring is 1. The topological polar surface area (TPSA) is 64.3 Å². The van der Waals surface area contributed by atoms with Gasteiger partial charge in [-0.15, -0.1) is 0 Å². The number of carbonyl (C=O) groups excluding carboxylic acids is 1. The summed E-state index contributed by atoms with van der Waals surface area (Å²) in [4.78, 5) is 11.8. The number of benzene rings is 1. The number of carbonyl (C=O) groups is 1. The molecule has 0 aromatic heterocycles. The minimum absolute atomic E-state index is 0.115. The zero-order valence-corrected chi connectivity index (χ0v) is 12.0. The maximum atomic E-state index is 11.9. The van der Waals surface area contributed by atoms with Crippen molar-refractivity contribution in [2.75, 3.05) is 25.1 Å². The van der Waals surface area contributed by atoms with Gasteiger partial charge in [-0.2, -0.15) is 13.2 Å². The molecular formula is C11H12ClF3N2O2S. The van der Waals surface area contributed by atoms with E-state index in [1.165, 1.54) is 19.2 Å². The molecule has 0 aliphatic carbocycles. The fraction of sp³-hybridized carbons (Fsp3) is 0.364. The van der Waals surface area contributed by atoms with Gasteiger partial charge in [-0.25, -0.2) is 0 Å². The highest BCUT2D eigenvalue weighted by Gasteiger charge is 2.27. The summed E-state index contributed by atoms with van der Waals surface area (Å²) < 4.78 is 40.7. The van der Waals surface area contributed by atoms with Gasteiger partial charge in [0, 0.05) is 18.4 Å². The Labute approximate surface area is 122 Å². The minimum Gasteiger partial charge on any atom is -0.496 e. The highest BCUT2D eigenvalue weighted by Crippen LogP contribution is 2.30. The van der Waals surface area contributed by atoms with Crippen LogP contribution in [-0.4, -0.2) is 30.8 Å². The van der Waals surface area contributed by atoms with E-state index in [2.05, 4.69) is 5.32 Å². The number of ether oxygens (including phenoxy) is 1. The van der Waals surface area contributed by atoms with Gasteiger partial charge in [0.2, 0.25) is 0 Å². The Morgan fingerprint density at radius 2 is 2.15 bits per heavy atom. The van der Waals surface area contributed by atoms with E-state index in [1.807, 2.05) is 0 Å². The Morgan fingerprint density at radius 1 is 1.50 bits per heavy atom. The van der Waals surface area contributed by atoms with Crippen molar-refractivity contribution in [1.82, 2.24) is 5.32 Å². The number of thioether (sulfide) groups is 1. The molecule has 0 bridgehead atoms. The van der Waals surface area contributed by atoms with Crippen LogP contribution >= 0.6 is 23.4 Å². The first kappa shape index (κ1) is 16.8. The van der Waals surface area contributed by atoms with Crippen molar-refractivity contribution >= 4 is 35.0 Å². The maximum absolute atomic E-state index is 11.9. The lowest BCUT2D eigenvalue weighted by Crippen LogP contribution is -2.27. The van der Waals surface area contributed by atoms with E-state index >= 15 is 0 Å². The Balaban J connectivity index is 2.66. The van der Waals surface area contributed by atoms with Crippen LogP contribution in [0.25, 0.3) is 0 Å². The van der Waals surface area contributed by atoms with Gasteiger partial charge in [0.1, 0.15) is 5.75 Å². The molecule has 1 amide bonds. The lowest BCUT2D eigenvalue weighted by Gasteiger charge is -2.11. The van der Waals surface area contributed by atoms with E-state index < -0.39 is 11.4 Å². The van der Waals surface area contributed by atoms with Crippen LogP contribution in [0.15, 0.2) is 12.1 Å². The maximum Gasteiger partial charge on any atom is 0.441 e. The Morgan fingerprint density at radius 3 is 2.70 bits per heavy atom. The first-order chi connectivity index (χ1) is 9.24. The summed E-state index contributed by atoms with van der Waals surface area (Å²) in [5.41, 5.74) is 1.61. The second-order valence-corrected chi connectivity index (χ2v) is 5.19. The summed E-state index contributed by atoms with van der Waals surface area (Å²) in [6.45, 7) is -0.131. The molecular weight excluding hydrogens is 317 g/mol. The third-order valence-electron chi connectivity index (χ3n) is 2.22. The lowest BCUT2D eigenvalue weighted by atomic mass is 10.1. The van der Waals surface area contributed by atoms with Gasteiger partial charge in [0.05, 0.1) is 23.4 Å². The smallest absolute Gasteiger partial charge is 0.441 e. The fourth-order valence-electron chi connectivity index (χ4n) is 1.34. The quantitative estimate of drug-likeness (QED) is 0.644. The average molecular weight is 329 g/mol. The predicted molar refractivity (Wildman–Crippen MR) is 73.3 cm³/mol. The zero-order chi connectivity index (χ0) is 15.3. The van der Waals surface area contributed by atoms with Crippen LogP contribution in [0.5, 0.6) is 5.75 Å². The molecule has 112 valence electrons. The molecule has 1 rings (SSSR count). The summed E-state index contributed by atoms with van der Waals surface area (Å²) in [5.74, 6) is -0.653. The highest BCUT2D eigenvalue weighted by molar-refractivity contribution is 8.00. The number of rotatable bonds is 5. The number of hydrogen-bond acceptors (Lipinski definition) is 4. The van der Waals surface area contributed by atoms with Crippen molar-refractivity contribution in [2.24, 2.45) is 0 Å². The molecule has 0 saturated carbocycles. The number of anilines is 1. The molecule has 0 atom stereocenters.